The molecule has 0 bridgehead atoms. The zero-order valence-corrected chi connectivity index (χ0v) is 30.2. The van der Waals surface area contributed by atoms with Gasteiger partial charge in [-0.25, -0.2) is 0 Å². The lowest BCUT2D eigenvalue weighted by molar-refractivity contribution is -0.889. The molecule has 0 aliphatic rings. The second kappa shape index (κ2) is 30.2. The molecule has 0 saturated carbocycles. The first kappa shape index (κ1) is 43.8. The Morgan fingerprint density at radius 1 is 0.630 bits per heavy atom. The van der Waals surface area contributed by atoms with E-state index >= 15 is 0 Å². The van der Waals surface area contributed by atoms with Crippen molar-refractivity contribution in [1.29, 1.82) is 0 Å². The molecule has 0 aromatic rings. The fraction of sp³-hybridized carbons (Fsp3) is 0.816. The summed E-state index contributed by atoms with van der Waals surface area (Å²) in [6, 6.07) is -0.726. The molecule has 0 aliphatic carbocycles. The van der Waals surface area contributed by atoms with E-state index in [4.69, 9.17) is 14.2 Å². The highest BCUT2D eigenvalue weighted by molar-refractivity contribution is 5.70. The molecular weight excluding hydrogens is 582 g/mol. The van der Waals surface area contributed by atoms with Gasteiger partial charge in [0.15, 0.2) is 6.10 Å². The number of likely N-dealkylation sites (N-methyl/N-ethyl adjacent to an activating group) is 1. The Hall–Kier alpha value is -2.19. The van der Waals surface area contributed by atoms with Gasteiger partial charge in [-0.2, -0.15) is 0 Å². The van der Waals surface area contributed by atoms with Crippen LogP contribution in [0.15, 0.2) is 24.3 Å². The number of hydrogen-bond acceptors (Lipinski definition) is 7. The number of carbonyl (C=O) groups is 3. The van der Waals surface area contributed by atoms with Gasteiger partial charge in [0.25, 0.3) is 0 Å². The van der Waals surface area contributed by atoms with Gasteiger partial charge in [-0.05, 0) is 51.4 Å². The molecule has 0 spiro atoms. The Bertz CT molecular complexity index is 818. The van der Waals surface area contributed by atoms with E-state index in [9.17, 15) is 19.5 Å². The third-order valence-corrected chi connectivity index (χ3v) is 8.07. The van der Waals surface area contributed by atoms with E-state index in [0.29, 0.717) is 12.8 Å². The van der Waals surface area contributed by atoms with E-state index in [0.717, 1.165) is 32.1 Å². The van der Waals surface area contributed by atoms with Gasteiger partial charge in [-0.3, -0.25) is 9.59 Å². The molecule has 0 N–H and O–H groups in total. The van der Waals surface area contributed by atoms with Crippen molar-refractivity contribution in [1.82, 2.24) is 0 Å². The minimum Gasteiger partial charge on any atom is -0.544 e. The Kier molecular flexibility index (Phi) is 28.7. The van der Waals surface area contributed by atoms with Gasteiger partial charge in [0.2, 0.25) is 0 Å². The number of allylic oxidation sites excluding steroid dienone is 4. The molecule has 2 atom stereocenters. The van der Waals surface area contributed by atoms with Crippen LogP contribution in [0.4, 0.5) is 0 Å². The highest BCUT2D eigenvalue weighted by Crippen LogP contribution is 2.13. The van der Waals surface area contributed by atoms with Crippen LogP contribution in [0.25, 0.3) is 0 Å². The van der Waals surface area contributed by atoms with E-state index in [1.807, 2.05) is 6.08 Å². The average molecular weight is 652 g/mol. The van der Waals surface area contributed by atoms with E-state index in [2.05, 4.69) is 32.1 Å². The van der Waals surface area contributed by atoms with Gasteiger partial charge < -0.3 is 28.6 Å². The molecular formula is C38H69NO7. The molecule has 0 rings (SSSR count). The van der Waals surface area contributed by atoms with Crippen LogP contribution in [0, 0.1) is 0 Å². The molecule has 268 valence electrons. The van der Waals surface area contributed by atoms with Crippen LogP contribution in [0.2, 0.25) is 0 Å². The Labute approximate surface area is 281 Å². The van der Waals surface area contributed by atoms with Crippen molar-refractivity contribution >= 4 is 17.9 Å². The van der Waals surface area contributed by atoms with E-state index < -0.39 is 18.1 Å². The average Bonchev–Trinajstić information content (AvgIpc) is 3.00. The summed E-state index contributed by atoms with van der Waals surface area (Å²) in [5.74, 6) is -1.81. The van der Waals surface area contributed by atoms with Crippen LogP contribution >= 0.6 is 0 Å². The number of carboxylic acid groups (broad SMARTS) is 1. The number of esters is 2. The molecule has 0 aromatic carbocycles. The van der Waals surface area contributed by atoms with E-state index in [-0.39, 0.29) is 49.1 Å². The van der Waals surface area contributed by atoms with Crippen LogP contribution < -0.4 is 5.11 Å². The van der Waals surface area contributed by atoms with Crippen LogP contribution in [0.3, 0.4) is 0 Å². The number of carbonyl (C=O) groups excluding carboxylic acids is 3. The topological polar surface area (TPSA) is 102 Å². The maximum absolute atomic E-state index is 12.6. The molecule has 0 radical (unpaired) electrons. The Morgan fingerprint density at radius 2 is 1.13 bits per heavy atom. The predicted octanol–water partition coefficient (Wildman–Crippen LogP) is 7.63. The second-order valence-electron chi connectivity index (χ2n) is 13.4. The zero-order chi connectivity index (χ0) is 34.3. The summed E-state index contributed by atoms with van der Waals surface area (Å²) in [4.78, 5) is 36.4. The van der Waals surface area contributed by atoms with Gasteiger partial charge in [-0.15, -0.1) is 0 Å². The maximum Gasteiger partial charge on any atom is 0.306 e. The van der Waals surface area contributed by atoms with Crippen molar-refractivity contribution in [2.24, 2.45) is 0 Å². The normalized spacial score (nSPS) is 13.3. The molecule has 2 unspecified atom stereocenters. The number of quaternary nitrogens is 1. The van der Waals surface area contributed by atoms with Crippen molar-refractivity contribution in [2.45, 2.75) is 161 Å². The monoisotopic (exact) mass is 652 g/mol. The lowest BCUT2D eigenvalue weighted by Crippen LogP contribution is -2.55. The van der Waals surface area contributed by atoms with Crippen LogP contribution in [0.1, 0.15) is 149 Å². The zero-order valence-electron chi connectivity index (χ0n) is 30.2. The first-order chi connectivity index (χ1) is 22.1. The number of ether oxygens (including phenoxy) is 3. The SMILES string of the molecule is CCCCC/C=C/CCC(=O)OCC(COCCC(C(=O)[O-])[N+](C)(C)C)OC(=O)CCCCCCCCC/C=C/CCCCCC. The molecule has 0 fully saturated rings. The Morgan fingerprint density at radius 3 is 1.70 bits per heavy atom. The fourth-order valence-electron chi connectivity index (χ4n) is 5.14. The van der Waals surface area contributed by atoms with Crippen molar-refractivity contribution in [3.8, 4) is 0 Å². The first-order valence-corrected chi connectivity index (χ1v) is 18.4. The highest BCUT2D eigenvalue weighted by Gasteiger charge is 2.25. The van der Waals surface area contributed by atoms with Crippen molar-refractivity contribution < 1.29 is 38.2 Å². The Balaban J connectivity index is 4.41. The van der Waals surface area contributed by atoms with Crippen molar-refractivity contribution in [2.75, 3.05) is 41.0 Å². The second-order valence-corrected chi connectivity index (χ2v) is 13.4. The highest BCUT2D eigenvalue weighted by atomic mass is 16.6. The summed E-state index contributed by atoms with van der Waals surface area (Å²) >= 11 is 0. The number of hydrogen-bond donors (Lipinski definition) is 0. The minimum atomic E-state index is -1.13. The number of nitrogens with zero attached hydrogens (tertiary/aromatic N) is 1. The molecule has 0 aromatic heterocycles. The molecule has 8 heteroatoms. The van der Waals surface area contributed by atoms with Crippen molar-refractivity contribution in [3.05, 3.63) is 24.3 Å². The quantitative estimate of drug-likeness (QED) is 0.0319. The number of rotatable bonds is 32. The van der Waals surface area contributed by atoms with Gasteiger partial charge >= 0.3 is 11.9 Å². The van der Waals surface area contributed by atoms with Crippen molar-refractivity contribution in [3.63, 3.8) is 0 Å². The first-order valence-electron chi connectivity index (χ1n) is 18.4. The minimum absolute atomic E-state index is 0.0291. The summed E-state index contributed by atoms with van der Waals surface area (Å²) in [5, 5.41) is 11.5. The molecule has 0 aliphatic heterocycles. The molecule has 0 heterocycles. The largest absolute Gasteiger partial charge is 0.544 e. The van der Waals surface area contributed by atoms with Gasteiger partial charge in [-0.1, -0.05) is 102 Å². The third-order valence-electron chi connectivity index (χ3n) is 8.07. The lowest BCUT2D eigenvalue weighted by atomic mass is 10.1. The number of carboxylic acids is 1. The van der Waals surface area contributed by atoms with Gasteiger partial charge in [0.1, 0.15) is 12.6 Å². The predicted molar refractivity (Wildman–Crippen MR) is 185 cm³/mol. The van der Waals surface area contributed by atoms with Gasteiger partial charge in [0.05, 0.1) is 40.3 Å². The number of unbranched alkanes of at least 4 members (excludes halogenated alkanes) is 14. The summed E-state index contributed by atoms with van der Waals surface area (Å²) in [5.41, 5.74) is 0. The maximum atomic E-state index is 12.6. The smallest absolute Gasteiger partial charge is 0.306 e. The summed E-state index contributed by atoms with van der Waals surface area (Å²) in [6.45, 7) is 4.52. The van der Waals surface area contributed by atoms with Gasteiger partial charge in [0, 0.05) is 19.3 Å². The standard InChI is InChI=1S/C38H69NO7/c1-6-8-10-12-14-15-16-17-18-19-20-21-23-25-27-29-37(41)46-34(32-44-31-30-35(38(42)43)39(3,4)5)33-45-36(40)28-26-24-22-13-11-9-7-2/h15-16,22,24,34-35H,6-14,17-21,23,25-33H2,1-5H3/b16-15+,24-22+. The molecule has 46 heavy (non-hydrogen) atoms. The summed E-state index contributed by atoms with van der Waals surface area (Å²) in [6.07, 6.45) is 29.4. The van der Waals surface area contributed by atoms with Crippen LogP contribution in [-0.2, 0) is 28.6 Å². The summed E-state index contributed by atoms with van der Waals surface area (Å²) in [7, 11) is 5.38. The van der Waals surface area contributed by atoms with Crippen LogP contribution in [0.5, 0.6) is 0 Å². The van der Waals surface area contributed by atoms with E-state index in [1.165, 1.54) is 77.0 Å². The van der Waals surface area contributed by atoms with Crippen LogP contribution in [-0.4, -0.2) is 75.5 Å². The third kappa shape index (κ3) is 28.1. The summed E-state index contributed by atoms with van der Waals surface area (Å²) < 4.78 is 16.9. The van der Waals surface area contributed by atoms with E-state index in [1.54, 1.807) is 21.1 Å². The molecule has 8 nitrogen and oxygen atoms in total. The molecule has 0 amide bonds. The molecule has 0 saturated heterocycles. The lowest BCUT2D eigenvalue weighted by Gasteiger charge is -2.34. The fourth-order valence-corrected chi connectivity index (χ4v) is 5.14. The number of aliphatic carboxylic acids is 1.